The van der Waals surface area contributed by atoms with Crippen LogP contribution in [0.3, 0.4) is 0 Å². The normalized spacial score (nSPS) is 21.4. The van der Waals surface area contributed by atoms with Gasteiger partial charge in [-0.1, -0.05) is 168 Å². The third kappa shape index (κ3) is 22.4. The molecule has 0 aliphatic carbocycles. The fraction of sp³-hybridized carbons (Fsp3) is 0.947. The number of aliphatic hydroxyl groups excluding tert-OH is 2. The molecule has 0 spiro atoms. The maximum atomic E-state index is 12.5. The Morgan fingerprint density at radius 2 is 0.913 bits per heavy atom. The number of nitrogens with two attached hydrogens (primary N) is 1. The van der Waals surface area contributed by atoms with Gasteiger partial charge in [-0.05, 0) is 12.8 Å². The Morgan fingerprint density at radius 3 is 1.30 bits per heavy atom. The van der Waals surface area contributed by atoms with Crippen LogP contribution in [0.4, 0.5) is 0 Å². The summed E-state index contributed by atoms with van der Waals surface area (Å²) in [6, 6.07) is -1.08. The standard InChI is InChI=1S/C38H73NO7/c1-3-5-7-9-11-13-15-17-19-21-23-25-27-29-33(40)44-31-32-36(42)37(35(39)38(43)45-32)46-34(41)30-28-26-24-22-20-18-16-14-12-10-8-6-4-2/h32,35-38,42-43H,3-31,39H2,1-2H3/t32-,35-,36-,37-,38?/m1/s1. The molecule has 1 aliphatic heterocycles. The van der Waals surface area contributed by atoms with Crippen molar-refractivity contribution in [2.75, 3.05) is 6.61 Å². The van der Waals surface area contributed by atoms with Crippen molar-refractivity contribution in [3.63, 3.8) is 0 Å². The van der Waals surface area contributed by atoms with E-state index in [9.17, 15) is 19.8 Å². The third-order valence-corrected chi connectivity index (χ3v) is 9.39. The molecule has 0 aromatic carbocycles. The van der Waals surface area contributed by atoms with Gasteiger partial charge in [0.1, 0.15) is 18.8 Å². The lowest BCUT2D eigenvalue weighted by molar-refractivity contribution is -0.256. The molecule has 0 saturated carbocycles. The van der Waals surface area contributed by atoms with E-state index in [0.717, 1.165) is 32.1 Å². The molecule has 0 radical (unpaired) electrons. The summed E-state index contributed by atoms with van der Waals surface area (Å²) in [7, 11) is 0. The smallest absolute Gasteiger partial charge is 0.306 e. The highest BCUT2D eigenvalue weighted by Gasteiger charge is 2.45. The van der Waals surface area contributed by atoms with Crippen LogP contribution in [0.2, 0.25) is 0 Å². The lowest BCUT2D eigenvalue weighted by Gasteiger charge is -2.40. The van der Waals surface area contributed by atoms with E-state index in [1.807, 2.05) is 0 Å². The van der Waals surface area contributed by atoms with E-state index in [4.69, 9.17) is 19.9 Å². The summed E-state index contributed by atoms with van der Waals surface area (Å²) in [4.78, 5) is 24.8. The van der Waals surface area contributed by atoms with Gasteiger partial charge in [0.2, 0.25) is 0 Å². The molecule has 1 fully saturated rings. The minimum Gasteiger partial charge on any atom is -0.463 e. The van der Waals surface area contributed by atoms with Crippen molar-refractivity contribution < 1.29 is 34.0 Å². The molecule has 8 heteroatoms. The Balaban J connectivity index is 2.12. The van der Waals surface area contributed by atoms with E-state index in [-0.39, 0.29) is 19.0 Å². The molecule has 1 saturated heterocycles. The van der Waals surface area contributed by atoms with Gasteiger partial charge in [-0.15, -0.1) is 0 Å². The molecule has 0 bridgehead atoms. The number of hydrogen-bond donors (Lipinski definition) is 3. The Hall–Kier alpha value is -1.22. The Bertz CT molecular complexity index is 721. The van der Waals surface area contributed by atoms with Crippen LogP contribution in [0.25, 0.3) is 0 Å². The molecule has 272 valence electrons. The lowest BCUT2D eigenvalue weighted by atomic mass is 9.97. The van der Waals surface area contributed by atoms with Crippen molar-refractivity contribution in [1.82, 2.24) is 0 Å². The molecule has 0 aromatic rings. The van der Waals surface area contributed by atoms with E-state index in [0.29, 0.717) is 12.8 Å². The highest BCUT2D eigenvalue weighted by molar-refractivity contribution is 5.70. The second-order valence-corrected chi connectivity index (χ2v) is 13.8. The molecule has 1 heterocycles. The fourth-order valence-electron chi connectivity index (χ4n) is 6.27. The molecule has 1 unspecified atom stereocenters. The van der Waals surface area contributed by atoms with Gasteiger partial charge in [0, 0.05) is 12.8 Å². The zero-order valence-corrected chi connectivity index (χ0v) is 29.9. The van der Waals surface area contributed by atoms with Gasteiger partial charge in [0.15, 0.2) is 12.4 Å². The van der Waals surface area contributed by atoms with E-state index >= 15 is 0 Å². The number of rotatable bonds is 31. The molecular weight excluding hydrogens is 582 g/mol. The van der Waals surface area contributed by atoms with Gasteiger partial charge in [-0.25, -0.2) is 0 Å². The molecule has 1 aliphatic rings. The van der Waals surface area contributed by atoms with Crippen LogP contribution in [0, 0.1) is 0 Å². The number of carbonyl (C=O) groups is 2. The van der Waals surface area contributed by atoms with Gasteiger partial charge >= 0.3 is 11.9 Å². The van der Waals surface area contributed by atoms with Gasteiger partial charge in [0.25, 0.3) is 0 Å². The summed E-state index contributed by atoms with van der Waals surface area (Å²) in [6.45, 7) is 4.27. The summed E-state index contributed by atoms with van der Waals surface area (Å²) >= 11 is 0. The number of esters is 2. The minimum absolute atomic E-state index is 0.227. The van der Waals surface area contributed by atoms with Crippen molar-refractivity contribution in [1.29, 1.82) is 0 Å². The van der Waals surface area contributed by atoms with Crippen LogP contribution in [0.15, 0.2) is 0 Å². The maximum absolute atomic E-state index is 12.5. The molecule has 0 aromatic heterocycles. The van der Waals surface area contributed by atoms with Crippen LogP contribution in [0.1, 0.15) is 194 Å². The van der Waals surface area contributed by atoms with Gasteiger partial charge < -0.3 is 30.2 Å². The average Bonchev–Trinajstić information content (AvgIpc) is 3.04. The van der Waals surface area contributed by atoms with Gasteiger partial charge in [0.05, 0.1) is 6.04 Å². The molecule has 5 atom stereocenters. The first-order chi connectivity index (χ1) is 22.4. The molecule has 1 rings (SSSR count). The number of hydrogen-bond acceptors (Lipinski definition) is 8. The van der Waals surface area contributed by atoms with Crippen LogP contribution in [-0.4, -0.2) is 59.4 Å². The average molecular weight is 656 g/mol. The highest BCUT2D eigenvalue weighted by Crippen LogP contribution is 2.23. The van der Waals surface area contributed by atoms with Crippen LogP contribution in [0.5, 0.6) is 0 Å². The largest absolute Gasteiger partial charge is 0.463 e. The van der Waals surface area contributed by atoms with Crippen LogP contribution in [-0.2, 0) is 23.8 Å². The Kier molecular flexibility index (Phi) is 27.8. The van der Waals surface area contributed by atoms with Crippen molar-refractivity contribution >= 4 is 11.9 Å². The summed E-state index contributed by atoms with van der Waals surface area (Å²) in [5, 5.41) is 21.0. The van der Waals surface area contributed by atoms with Crippen molar-refractivity contribution in [3.8, 4) is 0 Å². The fourth-order valence-corrected chi connectivity index (χ4v) is 6.27. The van der Waals surface area contributed by atoms with E-state index in [2.05, 4.69) is 13.8 Å². The van der Waals surface area contributed by atoms with Crippen molar-refractivity contribution in [2.45, 2.75) is 224 Å². The number of ether oxygens (including phenoxy) is 3. The Labute approximate surface area is 282 Å². The second-order valence-electron chi connectivity index (χ2n) is 13.8. The molecule has 0 amide bonds. The first kappa shape index (κ1) is 42.8. The van der Waals surface area contributed by atoms with Crippen molar-refractivity contribution in [2.24, 2.45) is 5.73 Å². The van der Waals surface area contributed by atoms with Gasteiger partial charge in [-0.2, -0.15) is 0 Å². The molecule has 8 nitrogen and oxygen atoms in total. The SMILES string of the molecule is CCCCCCCCCCCCCCCC(=O)OC[C@H]1OC(O)[C@H](N)[C@@H](OC(=O)CCCCCCCCCCCCCCC)[C@@H]1O. The quantitative estimate of drug-likeness (QED) is 0.0499. The summed E-state index contributed by atoms with van der Waals surface area (Å²) in [6.07, 6.45) is 27.6. The zero-order valence-electron chi connectivity index (χ0n) is 29.9. The second kappa shape index (κ2) is 29.9. The molecule has 46 heavy (non-hydrogen) atoms. The summed E-state index contributed by atoms with van der Waals surface area (Å²) in [5.41, 5.74) is 6.00. The first-order valence-corrected chi connectivity index (χ1v) is 19.5. The minimum atomic E-state index is -1.43. The van der Waals surface area contributed by atoms with E-state index in [1.54, 1.807) is 0 Å². The molecule has 4 N–H and O–H groups in total. The van der Waals surface area contributed by atoms with Crippen LogP contribution < -0.4 is 5.73 Å². The van der Waals surface area contributed by atoms with Crippen molar-refractivity contribution in [3.05, 3.63) is 0 Å². The number of aliphatic hydroxyl groups is 2. The monoisotopic (exact) mass is 656 g/mol. The van der Waals surface area contributed by atoms with E-state index < -0.39 is 36.6 Å². The topological polar surface area (TPSA) is 128 Å². The zero-order chi connectivity index (χ0) is 33.7. The molecular formula is C38H73NO7. The third-order valence-electron chi connectivity index (χ3n) is 9.39. The summed E-state index contributed by atoms with van der Waals surface area (Å²) in [5.74, 6) is -0.811. The highest BCUT2D eigenvalue weighted by atomic mass is 16.6. The van der Waals surface area contributed by atoms with E-state index in [1.165, 1.54) is 128 Å². The lowest BCUT2D eigenvalue weighted by Crippen LogP contribution is -2.63. The summed E-state index contributed by atoms with van der Waals surface area (Å²) < 4.78 is 16.2. The number of carbonyl (C=O) groups excluding carboxylic acids is 2. The number of unbranched alkanes of at least 4 members (excludes halogenated alkanes) is 24. The first-order valence-electron chi connectivity index (χ1n) is 19.5. The predicted octanol–water partition coefficient (Wildman–Crippen LogP) is 8.81. The predicted molar refractivity (Wildman–Crippen MR) is 186 cm³/mol. The van der Waals surface area contributed by atoms with Crippen LogP contribution >= 0.6 is 0 Å². The van der Waals surface area contributed by atoms with Gasteiger partial charge in [-0.3, -0.25) is 9.59 Å². The Morgan fingerprint density at radius 1 is 0.565 bits per heavy atom. The maximum Gasteiger partial charge on any atom is 0.306 e.